The lowest BCUT2D eigenvalue weighted by Crippen LogP contribution is -2.38. The topological polar surface area (TPSA) is 38.3 Å². The van der Waals surface area contributed by atoms with Crippen LogP contribution in [0.25, 0.3) is 0 Å². The summed E-state index contributed by atoms with van der Waals surface area (Å²) in [7, 11) is 0. The summed E-state index contributed by atoms with van der Waals surface area (Å²) >= 11 is 0. The standard InChI is InChI=1S/C17H24FNO2/c1-3-21-17(20)14-5-4-6-16(11-14)19-12(2)13-7-9-15(18)10-8-13/h7-10,12,14,16,19H,3-6,11H2,1-2H3. The van der Waals surface area contributed by atoms with Gasteiger partial charge in [-0.05, 0) is 50.8 Å². The van der Waals surface area contributed by atoms with Crippen molar-refractivity contribution in [3.05, 3.63) is 35.6 Å². The van der Waals surface area contributed by atoms with Gasteiger partial charge in [0.05, 0.1) is 12.5 Å². The highest BCUT2D eigenvalue weighted by atomic mass is 19.1. The highest BCUT2D eigenvalue weighted by Crippen LogP contribution is 2.27. The summed E-state index contributed by atoms with van der Waals surface area (Å²) in [5.41, 5.74) is 1.06. The van der Waals surface area contributed by atoms with Gasteiger partial charge in [-0.1, -0.05) is 18.6 Å². The third-order valence-electron chi connectivity index (χ3n) is 4.15. The molecule has 1 aromatic rings. The number of esters is 1. The molecular formula is C17H24FNO2. The predicted molar refractivity (Wildman–Crippen MR) is 80.3 cm³/mol. The van der Waals surface area contributed by atoms with Gasteiger partial charge in [-0.15, -0.1) is 0 Å². The lowest BCUT2D eigenvalue weighted by Gasteiger charge is -2.31. The first-order valence-corrected chi connectivity index (χ1v) is 7.78. The summed E-state index contributed by atoms with van der Waals surface area (Å²) in [5, 5.41) is 3.55. The Labute approximate surface area is 125 Å². The molecule has 1 N–H and O–H groups in total. The average Bonchev–Trinajstić information content (AvgIpc) is 2.48. The van der Waals surface area contributed by atoms with Crippen LogP contribution >= 0.6 is 0 Å². The number of benzene rings is 1. The molecule has 1 saturated carbocycles. The number of nitrogens with one attached hydrogen (secondary N) is 1. The molecule has 4 heteroatoms. The van der Waals surface area contributed by atoms with Crippen molar-refractivity contribution in [3.63, 3.8) is 0 Å². The fraction of sp³-hybridized carbons (Fsp3) is 0.588. The van der Waals surface area contributed by atoms with E-state index in [2.05, 4.69) is 12.2 Å². The Morgan fingerprint density at radius 2 is 2.10 bits per heavy atom. The molecule has 1 fully saturated rings. The van der Waals surface area contributed by atoms with Crippen LogP contribution in [0.15, 0.2) is 24.3 Å². The molecule has 3 nitrogen and oxygen atoms in total. The van der Waals surface area contributed by atoms with Crippen LogP contribution in [0.5, 0.6) is 0 Å². The Hall–Kier alpha value is -1.42. The van der Waals surface area contributed by atoms with Crippen molar-refractivity contribution in [1.29, 1.82) is 0 Å². The van der Waals surface area contributed by atoms with E-state index in [1.807, 2.05) is 6.92 Å². The summed E-state index contributed by atoms with van der Waals surface area (Å²) in [6, 6.07) is 7.04. The Kier molecular flexibility index (Phi) is 5.74. The Morgan fingerprint density at radius 3 is 2.76 bits per heavy atom. The SMILES string of the molecule is CCOC(=O)C1CCCC(NC(C)c2ccc(F)cc2)C1. The summed E-state index contributed by atoms with van der Waals surface area (Å²) in [6.07, 6.45) is 3.85. The van der Waals surface area contributed by atoms with Crippen LogP contribution in [0.2, 0.25) is 0 Å². The zero-order chi connectivity index (χ0) is 15.2. The van der Waals surface area contributed by atoms with Crippen LogP contribution in [0.3, 0.4) is 0 Å². The second-order valence-corrected chi connectivity index (χ2v) is 5.75. The Bertz CT molecular complexity index is 460. The van der Waals surface area contributed by atoms with E-state index in [-0.39, 0.29) is 23.7 Å². The van der Waals surface area contributed by atoms with Crippen LogP contribution < -0.4 is 5.32 Å². The number of carbonyl (C=O) groups is 1. The van der Waals surface area contributed by atoms with Crippen molar-refractivity contribution in [2.75, 3.05) is 6.61 Å². The number of rotatable bonds is 5. The predicted octanol–water partition coefficient (Wildman–Crippen LogP) is 3.60. The molecule has 3 unspecified atom stereocenters. The minimum absolute atomic E-state index is 0.0108. The molecule has 1 aliphatic carbocycles. The molecule has 0 bridgehead atoms. The molecule has 3 atom stereocenters. The minimum Gasteiger partial charge on any atom is -0.466 e. The van der Waals surface area contributed by atoms with Crippen molar-refractivity contribution in [2.45, 2.75) is 51.6 Å². The third kappa shape index (κ3) is 4.53. The van der Waals surface area contributed by atoms with E-state index < -0.39 is 0 Å². The van der Waals surface area contributed by atoms with E-state index in [4.69, 9.17) is 4.74 Å². The molecule has 0 radical (unpaired) electrons. The molecule has 0 spiro atoms. The second-order valence-electron chi connectivity index (χ2n) is 5.75. The molecule has 1 aromatic carbocycles. The summed E-state index contributed by atoms with van der Waals surface area (Å²) in [4.78, 5) is 11.8. The lowest BCUT2D eigenvalue weighted by atomic mass is 9.85. The van der Waals surface area contributed by atoms with E-state index in [1.165, 1.54) is 12.1 Å². The van der Waals surface area contributed by atoms with Gasteiger partial charge in [0.1, 0.15) is 5.82 Å². The van der Waals surface area contributed by atoms with Gasteiger partial charge in [-0.25, -0.2) is 4.39 Å². The zero-order valence-electron chi connectivity index (χ0n) is 12.8. The third-order valence-corrected chi connectivity index (χ3v) is 4.15. The number of hydrogen-bond donors (Lipinski definition) is 1. The maximum absolute atomic E-state index is 12.9. The molecule has 0 heterocycles. The first-order valence-electron chi connectivity index (χ1n) is 7.78. The van der Waals surface area contributed by atoms with Crippen LogP contribution in [-0.2, 0) is 9.53 Å². The van der Waals surface area contributed by atoms with Gasteiger partial charge in [0.2, 0.25) is 0 Å². The molecule has 0 saturated heterocycles. The number of ether oxygens (including phenoxy) is 1. The number of hydrogen-bond acceptors (Lipinski definition) is 3. The average molecular weight is 293 g/mol. The Morgan fingerprint density at radius 1 is 1.38 bits per heavy atom. The van der Waals surface area contributed by atoms with Gasteiger partial charge < -0.3 is 10.1 Å². The molecule has 0 amide bonds. The van der Waals surface area contributed by atoms with Gasteiger partial charge in [0.25, 0.3) is 0 Å². The molecule has 0 aliphatic heterocycles. The van der Waals surface area contributed by atoms with Crippen LogP contribution in [-0.4, -0.2) is 18.6 Å². The second kappa shape index (κ2) is 7.55. The van der Waals surface area contributed by atoms with E-state index in [0.29, 0.717) is 12.6 Å². The fourth-order valence-corrected chi connectivity index (χ4v) is 3.02. The van der Waals surface area contributed by atoms with Crippen molar-refractivity contribution < 1.29 is 13.9 Å². The quantitative estimate of drug-likeness (QED) is 0.843. The van der Waals surface area contributed by atoms with Gasteiger partial charge in [-0.2, -0.15) is 0 Å². The van der Waals surface area contributed by atoms with Crippen LogP contribution in [0.4, 0.5) is 4.39 Å². The smallest absolute Gasteiger partial charge is 0.308 e. The molecule has 21 heavy (non-hydrogen) atoms. The normalized spacial score (nSPS) is 23.6. The Balaban J connectivity index is 1.89. The first kappa shape index (κ1) is 16.0. The van der Waals surface area contributed by atoms with Crippen molar-refractivity contribution >= 4 is 5.97 Å². The summed E-state index contributed by atoms with van der Waals surface area (Å²) < 4.78 is 18.1. The first-order chi connectivity index (χ1) is 10.1. The number of halogens is 1. The van der Waals surface area contributed by atoms with Gasteiger partial charge >= 0.3 is 5.97 Å². The van der Waals surface area contributed by atoms with Gasteiger partial charge in [-0.3, -0.25) is 4.79 Å². The zero-order valence-corrected chi connectivity index (χ0v) is 12.8. The maximum Gasteiger partial charge on any atom is 0.308 e. The van der Waals surface area contributed by atoms with E-state index in [1.54, 1.807) is 12.1 Å². The minimum atomic E-state index is -0.217. The molecular weight excluding hydrogens is 269 g/mol. The lowest BCUT2D eigenvalue weighted by molar-refractivity contribution is -0.149. The molecule has 116 valence electrons. The van der Waals surface area contributed by atoms with Crippen LogP contribution in [0.1, 0.15) is 51.1 Å². The van der Waals surface area contributed by atoms with Gasteiger partial charge in [0, 0.05) is 12.1 Å². The number of carbonyl (C=O) groups excluding carboxylic acids is 1. The summed E-state index contributed by atoms with van der Waals surface area (Å²) in [5.74, 6) is -0.277. The highest BCUT2D eigenvalue weighted by molar-refractivity contribution is 5.72. The van der Waals surface area contributed by atoms with Crippen molar-refractivity contribution in [1.82, 2.24) is 5.32 Å². The van der Waals surface area contributed by atoms with Crippen LogP contribution in [0, 0.1) is 11.7 Å². The molecule has 2 rings (SSSR count). The van der Waals surface area contributed by atoms with E-state index in [9.17, 15) is 9.18 Å². The highest BCUT2D eigenvalue weighted by Gasteiger charge is 2.28. The monoisotopic (exact) mass is 293 g/mol. The molecule has 0 aromatic heterocycles. The largest absolute Gasteiger partial charge is 0.466 e. The van der Waals surface area contributed by atoms with E-state index >= 15 is 0 Å². The fourth-order valence-electron chi connectivity index (χ4n) is 3.02. The van der Waals surface area contributed by atoms with Crippen molar-refractivity contribution in [2.24, 2.45) is 5.92 Å². The van der Waals surface area contributed by atoms with Crippen molar-refractivity contribution in [3.8, 4) is 0 Å². The van der Waals surface area contributed by atoms with E-state index in [0.717, 1.165) is 31.2 Å². The summed E-state index contributed by atoms with van der Waals surface area (Å²) in [6.45, 7) is 4.35. The maximum atomic E-state index is 12.9. The van der Waals surface area contributed by atoms with Gasteiger partial charge in [0.15, 0.2) is 0 Å². The molecule has 1 aliphatic rings.